The molecule has 0 spiro atoms. The maximum absolute atomic E-state index is 13.8. The van der Waals surface area contributed by atoms with E-state index in [4.69, 9.17) is 0 Å². The molecule has 2 aromatic carbocycles. The second kappa shape index (κ2) is 9.21. The van der Waals surface area contributed by atoms with Crippen molar-refractivity contribution in [3.05, 3.63) is 84.2 Å². The lowest BCUT2D eigenvalue weighted by molar-refractivity contribution is -0.135. The van der Waals surface area contributed by atoms with Gasteiger partial charge in [-0.2, -0.15) is 0 Å². The highest BCUT2D eigenvalue weighted by molar-refractivity contribution is 6.00. The fourth-order valence-corrected chi connectivity index (χ4v) is 4.32. The van der Waals surface area contributed by atoms with Gasteiger partial charge < -0.3 is 9.47 Å². The van der Waals surface area contributed by atoms with Crippen molar-refractivity contribution in [2.75, 3.05) is 18.0 Å². The topological polar surface area (TPSA) is 45.6 Å². The number of para-hydroxylation sites is 2. The molecule has 160 valence electrons. The highest BCUT2D eigenvalue weighted by atomic mass is 16.2. The third kappa shape index (κ3) is 4.00. The molecule has 1 atom stereocenters. The van der Waals surface area contributed by atoms with Gasteiger partial charge in [-0.15, -0.1) is 0 Å². The van der Waals surface area contributed by atoms with Crippen LogP contribution in [0.4, 0.5) is 5.69 Å². The molecular weight excluding hydrogens is 386 g/mol. The van der Waals surface area contributed by atoms with Crippen LogP contribution in [0.3, 0.4) is 0 Å². The van der Waals surface area contributed by atoms with Crippen LogP contribution in [0.15, 0.2) is 72.9 Å². The summed E-state index contributed by atoms with van der Waals surface area (Å²) in [5.74, 6) is -0.0432. The second-order valence-electron chi connectivity index (χ2n) is 7.89. The van der Waals surface area contributed by atoms with Gasteiger partial charge in [0.1, 0.15) is 12.6 Å². The van der Waals surface area contributed by atoms with E-state index in [0.29, 0.717) is 13.0 Å². The minimum Gasteiger partial charge on any atom is -0.333 e. The summed E-state index contributed by atoms with van der Waals surface area (Å²) in [7, 11) is 0. The van der Waals surface area contributed by atoms with Crippen LogP contribution in [0.25, 0.3) is 5.69 Å². The minimum absolute atomic E-state index is 0.0201. The van der Waals surface area contributed by atoms with Crippen molar-refractivity contribution < 1.29 is 9.59 Å². The van der Waals surface area contributed by atoms with Crippen LogP contribution in [0, 0.1) is 0 Å². The number of hydrogen-bond acceptors (Lipinski definition) is 2. The van der Waals surface area contributed by atoms with E-state index in [9.17, 15) is 9.59 Å². The number of rotatable bonds is 7. The van der Waals surface area contributed by atoms with Gasteiger partial charge in [0.05, 0.1) is 17.1 Å². The Morgan fingerprint density at radius 2 is 1.61 bits per heavy atom. The molecule has 1 aromatic heterocycles. The molecule has 2 amide bonds. The van der Waals surface area contributed by atoms with Crippen molar-refractivity contribution in [1.29, 1.82) is 0 Å². The number of hydrogen-bond donors (Lipinski definition) is 0. The van der Waals surface area contributed by atoms with Crippen LogP contribution < -0.4 is 4.90 Å². The molecule has 1 unspecified atom stereocenters. The summed E-state index contributed by atoms with van der Waals surface area (Å²) in [6.45, 7) is 4.64. The summed E-state index contributed by atoms with van der Waals surface area (Å²) in [5, 5.41) is 0. The van der Waals surface area contributed by atoms with Gasteiger partial charge in [-0.3, -0.25) is 14.5 Å². The van der Waals surface area contributed by atoms with E-state index in [2.05, 4.69) is 29.7 Å². The van der Waals surface area contributed by atoms with E-state index >= 15 is 0 Å². The summed E-state index contributed by atoms with van der Waals surface area (Å²) in [6.07, 6.45) is 4.31. The van der Waals surface area contributed by atoms with Crippen LogP contribution in [0.1, 0.15) is 50.4 Å². The SMILES string of the molecule is CCCCN(CC(=O)N1c2ccccc2-n2cccc2C1c1ccccc1)C(=O)CC. The number of aromatic nitrogens is 1. The molecule has 0 N–H and O–H groups in total. The Morgan fingerprint density at radius 3 is 2.32 bits per heavy atom. The fraction of sp³-hybridized carbons (Fsp3) is 0.308. The first-order valence-electron chi connectivity index (χ1n) is 11.1. The first kappa shape index (κ1) is 20.9. The van der Waals surface area contributed by atoms with E-state index in [1.54, 1.807) is 4.90 Å². The molecule has 0 bridgehead atoms. The highest BCUT2D eigenvalue weighted by Gasteiger charge is 2.36. The number of anilines is 1. The monoisotopic (exact) mass is 415 g/mol. The van der Waals surface area contributed by atoms with Gasteiger partial charge in [0.15, 0.2) is 0 Å². The lowest BCUT2D eigenvalue weighted by Gasteiger charge is -2.39. The smallest absolute Gasteiger partial charge is 0.247 e. The third-order valence-electron chi connectivity index (χ3n) is 5.87. The normalized spacial score (nSPS) is 14.6. The summed E-state index contributed by atoms with van der Waals surface area (Å²) < 4.78 is 2.16. The molecule has 1 aliphatic heterocycles. The zero-order valence-electron chi connectivity index (χ0n) is 18.2. The number of unbranched alkanes of at least 4 members (excludes halogenated alkanes) is 1. The van der Waals surface area contributed by atoms with Crippen molar-refractivity contribution in [2.45, 2.75) is 39.2 Å². The quantitative estimate of drug-likeness (QED) is 0.548. The van der Waals surface area contributed by atoms with Crippen molar-refractivity contribution in [3.8, 4) is 5.69 Å². The molecule has 5 heteroatoms. The van der Waals surface area contributed by atoms with E-state index in [0.717, 1.165) is 35.5 Å². The van der Waals surface area contributed by atoms with Crippen LogP contribution in [0.2, 0.25) is 0 Å². The average Bonchev–Trinajstić information content (AvgIpc) is 3.30. The predicted octanol–water partition coefficient (Wildman–Crippen LogP) is 4.95. The molecule has 0 radical (unpaired) electrons. The summed E-state index contributed by atoms with van der Waals surface area (Å²) in [5.41, 5.74) is 3.93. The molecular formula is C26H29N3O2. The predicted molar refractivity (Wildman–Crippen MR) is 123 cm³/mol. The molecule has 2 heterocycles. The Kier molecular flexibility index (Phi) is 6.21. The number of carbonyl (C=O) groups is 2. The summed E-state index contributed by atoms with van der Waals surface area (Å²) in [6, 6.07) is 21.9. The van der Waals surface area contributed by atoms with E-state index in [1.165, 1.54) is 0 Å². The van der Waals surface area contributed by atoms with Crippen molar-refractivity contribution in [2.24, 2.45) is 0 Å². The number of nitrogens with zero attached hydrogens (tertiary/aromatic N) is 3. The zero-order chi connectivity index (χ0) is 21.8. The average molecular weight is 416 g/mol. The second-order valence-corrected chi connectivity index (χ2v) is 7.89. The van der Waals surface area contributed by atoms with Crippen molar-refractivity contribution in [1.82, 2.24) is 9.47 Å². The zero-order valence-corrected chi connectivity index (χ0v) is 18.2. The van der Waals surface area contributed by atoms with Gasteiger partial charge in [0.25, 0.3) is 0 Å². The first-order valence-corrected chi connectivity index (χ1v) is 11.1. The van der Waals surface area contributed by atoms with Gasteiger partial charge in [-0.25, -0.2) is 0 Å². The van der Waals surface area contributed by atoms with Gasteiger partial charge in [0, 0.05) is 19.2 Å². The van der Waals surface area contributed by atoms with Crippen LogP contribution >= 0.6 is 0 Å². The summed E-state index contributed by atoms with van der Waals surface area (Å²) in [4.78, 5) is 29.9. The Bertz CT molecular complexity index is 1060. The van der Waals surface area contributed by atoms with E-state index in [1.807, 2.05) is 66.6 Å². The third-order valence-corrected chi connectivity index (χ3v) is 5.87. The molecule has 1 aliphatic rings. The molecule has 31 heavy (non-hydrogen) atoms. The number of benzene rings is 2. The van der Waals surface area contributed by atoms with Gasteiger partial charge >= 0.3 is 0 Å². The number of amides is 2. The Labute approximate surface area is 183 Å². The van der Waals surface area contributed by atoms with Crippen molar-refractivity contribution in [3.63, 3.8) is 0 Å². The molecule has 0 aliphatic carbocycles. The van der Waals surface area contributed by atoms with Gasteiger partial charge in [-0.05, 0) is 36.2 Å². The standard InChI is InChI=1S/C26H29N3O2/c1-3-5-17-27(24(30)4-2)19-25(31)29-22-15-10-9-14-21(22)28-18-11-16-23(28)26(29)20-12-7-6-8-13-20/h6-16,18,26H,3-5,17,19H2,1-2H3. The molecule has 0 saturated carbocycles. The van der Waals surface area contributed by atoms with Crippen molar-refractivity contribution >= 4 is 17.5 Å². The molecule has 3 aromatic rings. The molecule has 5 nitrogen and oxygen atoms in total. The Hall–Kier alpha value is -3.34. The Morgan fingerprint density at radius 1 is 0.903 bits per heavy atom. The maximum atomic E-state index is 13.8. The minimum atomic E-state index is -0.247. The van der Waals surface area contributed by atoms with Crippen LogP contribution in [0.5, 0.6) is 0 Å². The van der Waals surface area contributed by atoms with Gasteiger partial charge in [0.2, 0.25) is 11.8 Å². The molecule has 0 fully saturated rings. The van der Waals surface area contributed by atoms with E-state index in [-0.39, 0.29) is 24.4 Å². The van der Waals surface area contributed by atoms with Gasteiger partial charge in [-0.1, -0.05) is 62.7 Å². The first-order chi connectivity index (χ1) is 15.2. The summed E-state index contributed by atoms with van der Waals surface area (Å²) >= 11 is 0. The molecule has 4 rings (SSSR count). The highest BCUT2D eigenvalue weighted by Crippen LogP contribution is 2.42. The Balaban J connectivity index is 1.78. The number of fused-ring (bicyclic) bond motifs is 3. The number of carbonyl (C=O) groups excluding carboxylic acids is 2. The lowest BCUT2D eigenvalue weighted by atomic mass is 9.97. The molecule has 0 saturated heterocycles. The van der Waals surface area contributed by atoms with Crippen LogP contribution in [-0.4, -0.2) is 34.4 Å². The fourth-order valence-electron chi connectivity index (χ4n) is 4.32. The lowest BCUT2D eigenvalue weighted by Crippen LogP contribution is -2.46. The van der Waals surface area contributed by atoms with Crippen LogP contribution in [-0.2, 0) is 9.59 Å². The largest absolute Gasteiger partial charge is 0.333 e. The van der Waals surface area contributed by atoms with E-state index < -0.39 is 0 Å². The maximum Gasteiger partial charge on any atom is 0.247 e.